The first-order valence-electron chi connectivity index (χ1n) is 26.5. The molecule has 372 valence electrons. The minimum Gasteiger partial charge on any atom is -0.375 e. The third-order valence-electron chi connectivity index (χ3n) is 16.1. The number of aryl methyl sites for hydroxylation is 1. The van der Waals surface area contributed by atoms with E-state index in [0.717, 1.165) is 156 Å². The number of nitrogens with zero attached hydrogens (tertiary/aromatic N) is 7. The molecular formula is C55H71N9O6. The quantitative estimate of drug-likeness (QED) is 0.155. The second-order valence-corrected chi connectivity index (χ2v) is 20.9. The van der Waals surface area contributed by atoms with Crippen LogP contribution in [-0.2, 0) is 27.3 Å². The Bertz CT molecular complexity index is 2550. The van der Waals surface area contributed by atoms with E-state index in [0.29, 0.717) is 50.4 Å². The van der Waals surface area contributed by atoms with E-state index in [2.05, 4.69) is 36.1 Å². The fraction of sp³-hybridized carbons (Fsp3) is 0.582. The minimum absolute atomic E-state index is 0.0182. The van der Waals surface area contributed by atoms with E-state index in [1.54, 1.807) is 0 Å². The number of likely N-dealkylation sites (tertiary alicyclic amines) is 3. The number of H-pyrrole nitrogens is 1. The van der Waals surface area contributed by atoms with E-state index < -0.39 is 6.04 Å². The predicted molar refractivity (Wildman–Crippen MR) is 269 cm³/mol. The summed E-state index contributed by atoms with van der Waals surface area (Å²) in [7, 11) is 0. The van der Waals surface area contributed by atoms with Gasteiger partial charge in [-0.3, -0.25) is 33.9 Å². The van der Waals surface area contributed by atoms with Gasteiger partial charge in [-0.2, -0.15) is 0 Å². The van der Waals surface area contributed by atoms with Crippen LogP contribution in [0.25, 0.3) is 11.0 Å². The number of carbonyl (C=O) groups excluding carboxylic acids is 4. The van der Waals surface area contributed by atoms with Crippen molar-refractivity contribution >= 4 is 40.3 Å². The molecule has 15 heteroatoms. The van der Waals surface area contributed by atoms with Gasteiger partial charge >= 0.3 is 0 Å². The molecule has 0 bridgehead atoms. The standard InChI is InChI=1S/C55H71N9O6/c1-2-38-32-48-49(58-51(38)65)30-37(33-56-48)35-60-26-28-61(29-27-60)44-15-16-47(57-34-44)54(68)62-22-17-45(18-23-62)70-46-19-24-63(25-20-46)55(69)50(39-8-4-3-5-9-39)59-52(66)42-11-6-10-41(31-42)43-12-7-21-64(36-43)53(67)40-13-14-40/h6,10-11,15-16,30-34,39-40,43,45-46,50H,2-5,7-9,12-14,17-29,35-36H2,1H3,(H,58,65)(H,59,66)/t43?,50-/m1/s1. The van der Waals surface area contributed by atoms with Gasteiger partial charge in [-0.15, -0.1) is 0 Å². The van der Waals surface area contributed by atoms with Crippen molar-refractivity contribution in [2.24, 2.45) is 11.8 Å². The van der Waals surface area contributed by atoms with Crippen molar-refractivity contribution in [3.63, 3.8) is 0 Å². The molecule has 4 aliphatic heterocycles. The second-order valence-electron chi connectivity index (χ2n) is 20.9. The molecule has 0 spiro atoms. The maximum absolute atomic E-state index is 14.3. The highest BCUT2D eigenvalue weighted by Gasteiger charge is 2.38. The van der Waals surface area contributed by atoms with Gasteiger partial charge in [0, 0.05) is 101 Å². The Balaban J connectivity index is 0.662. The van der Waals surface area contributed by atoms with E-state index in [1.807, 2.05) is 76.5 Å². The number of aromatic nitrogens is 3. The van der Waals surface area contributed by atoms with Crippen LogP contribution in [0.3, 0.4) is 0 Å². The van der Waals surface area contributed by atoms with Crippen LogP contribution >= 0.6 is 0 Å². The monoisotopic (exact) mass is 954 g/mol. The number of ether oxygens (including phenoxy) is 1. The van der Waals surface area contributed by atoms with Gasteiger partial charge in [0.2, 0.25) is 11.8 Å². The molecule has 4 saturated heterocycles. The average Bonchev–Trinajstić information content (AvgIpc) is 4.27. The molecule has 2 saturated carbocycles. The molecule has 15 nitrogen and oxygen atoms in total. The summed E-state index contributed by atoms with van der Waals surface area (Å²) in [4.78, 5) is 89.9. The number of piperidine rings is 3. The fourth-order valence-corrected chi connectivity index (χ4v) is 11.7. The molecule has 4 aromatic rings. The Kier molecular flexibility index (Phi) is 14.9. The summed E-state index contributed by atoms with van der Waals surface area (Å²) in [5, 5.41) is 3.24. The Labute approximate surface area is 411 Å². The third-order valence-corrected chi connectivity index (χ3v) is 16.1. The predicted octanol–water partition coefficient (Wildman–Crippen LogP) is 6.31. The van der Waals surface area contributed by atoms with Crippen molar-refractivity contribution in [3.8, 4) is 0 Å². The summed E-state index contributed by atoms with van der Waals surface area (Å²) in [6, 6.07) is 15.1. The van der Waals surface area contributed by atoms with Gasteiger partial charge in [-0.1, -0.05) is 38.3 Å². The minimum atomic E-state index is -0.561. The molecule has 70 heavy (non-hydrogen) atoms. The zero-order chi connectivity index (χ0) is 48.1. The first kappa shape index (κ1) is 48.0. The van der Waals surface area contributed by atoms with Crippen molar-refractivity contribution in [1.82, 2.24) is 39.9 Å². The van der Waals surface area contributed by atoms with E-state index in [1.165, 1.54) is 0 Å². The Hall–Kier alpha value is -5.67. The lowest BCUT2D eigenvalue weighted by Crippen LogP contribution is -2.55. The van der Waals surface area contributed by atoms with Crippen molar-refractivity contribution in [2.45, 2.75) is 128 Å². The highest BCUT2D eigenvalue weighted by molar-refractivity contribution is 5.98. The van der Waals surface area contributed by atoms with Crippen LogP contribution in [0.5, 0.6) is 0 Å². The number of hydrogen-bond donors (Lipinski definition) is 2. The summed E-state index contributed by atoms with van der Waals surface area (Å²) in [5.41, 5.74) is 6.48. The van der Waals surface area contributed by atoms with Crippen molar-refractivity contribution in [1.29, 1.82) is 0 Å². The smallest absolute Gasteiger partial charge is 0.272 e. The number of anilines is 1. The first-order chi connectivity index (χ1) is 34.1. The molecule has 4 amide bonds. The Morgan fingerprint density at radius 2 is 1.49 bits per heavy atom. The molecule has 2 aliphatic carbocycles. The molecule has 1 aromatic carbocycles. The molecule has 10 rings (SSSR count). The van der Waals surface area contributed by atoms with Crippen molar-refractivity contribution in [3.05, 3.63) is 99.2 Å². The topological polar surface area (TPSA) is 164 Å². The molecule has 6 aliphatic rings. The van der Waals surface area contributed by atoms with Crippen LogP contribution in [0.1, 0.15) is 134 Å². The third kappa shape index (κ3) is 11.3. The maximum atomic E-state index is 14.3. The van der Waals surface area contributed by atoms with Gasteiger partial charge in [-0.05, 0) is 124 Å². The van der Waals surface area contributed by atoms with Gasteiger partial charge in [0.05, 0.1) is 35.1 Å². The number of fused-ring (bicyclic) bond motifs is 1. The summed E-state index contributed by atoms with van der Waals surface area (Å²) < 4.78 is 6.63. The van der Waals surface area contributed by atoms with Crippen LogP contribution in [0.4, 0.5) is 5.69 Å². The SMILES string of the molecule is CCc1cc2ncc(CN3CCN(c4ccc(C(=O)N5CCC(OC6CCN(C(=O)[C@H](NC(=O)c7cccc(C8CCCN(C(=O)C9CC9)C8)c7)C7CCCCC7)CC6)CC5)nc4)CC3)cc2[nH]c1=O. The number of benzene rings is 1. The van der Waals surface area contributed by atoms with Crippen LogP contribution < -0.4 is 15.8 Å². The molecule has 2 N–H and O–H groups in total. The van der Waals surface area contributed by atoms with E-state index in [9.17, 15) is 24.0 Å². The first-order valence-corrected chi connectivity index (χ1v) is 26.5. The summed E-state index contributed by atoms with van der Waals surface area (Å²) >= 11 is 0. The second kappa shape index (κ2) is 21.8. The molecule has 3 aromatic heterocycles. The van der Waals surface area contributed by atoms with Crippen LogP contribution in [0.15, 0.2) is 65.7 Å². The summed E-state index contributed by atoms with van der Waals surface area (Å²) in [6.07, 6.45) is 16.7. The molecular weight excluding hydrogens is 883 g/mol. The average molecular weight is 954 g/mol. The van der Waals surface area contributed by atoms with Gasteiger partial charge in [0.25, 0.3) is 17.4 Å². The lowest BCUT2D eigenvalue weighted by Gasteiger charge is -2.39. The fourth-order valence-electron chi connectivity index (χ4n) is 11.7. The molecule has 6 fully saturated rings. The number of nitrogens with one attached hydrogen (secondary N) is 2. The van der Waals surface area contributed by atoms with Crippen LogP contribution in [0, 0.1) is 11.8 Å². The lowest BCUT2D eigenvalue weighted by atomic mass is 9.83. The van der Waals surface area contributed by atoms with E-state index in [-0.39, 0.29) is 59.1 Å². The highest BCUT2D eigenvalue weighted by Crippen LogP contribution is 2.35. The number of hydrogen-bond acceptors (Lipinski definition) is 10. The largest absolute Gasteiger partial charge is 0.375 e. The summed E-state index contributed by atoms with van der Waals surface area (Å²) in [5.74, 6) is 0.580. The van der Waals surface area contributed by atoms with E-state index >= 15 is 0 Å². The Morgan fingerprint density at radius 3 is 2.19 bits per heavy atom. The Morgan fingerprint density at radius 1 is 0.743 bits per heavy atom. The zero-order valence-electron chi connectivity index (χ0n) is 41.0. The maximum Gasteiger partial charge on any atom is 0.272 e. The molecule has 2 atom stereocenters. The van der Waals surface area contributed by atoms with Gasteiger partial charge in [0.15, 0.2) is 0 Å². The van der Waals surface area contributed by atoms with E-state index in [4.69, 9.17) is 4.74 Å². The number of aromatic amines is 1. The molecule has 0 radical (unpaired) electrons. The van der Waals surface area contributed by atoms with Crippen LogP contribution in [0.2, 0.25) is 0 Å². The van der Waals surface area contributed by atoms with Crippen molar-refractivity contribution < 1.29 is 23.9 Å². The van der Waals surface area contributed by atoms with Gasteiger partial charge in [-0.25, -0.2) is 4.98 Å². The van der Waals surface area contributed by atoms with Gasteiger partial charge in [0.1, 0.15) is 11.7 Å². The summed E-state index contributed by atoms with van der Waals surface area (Å²) in [6.45, 7) is 10.1. The number of amides is 4. The van der Waals surface area contributed by atoms with Crippen molar-refractivity contribution in [2.75, 3.05) is 70.3 Å². The molecule has 1 unspecified atom stereocenters. The van der Waals surface area contributed by atoms with Crippen LogP contribution in [-0.4, -0.2) is 142 Å². The normalized spacial score (nSPS) is 21.8. The number of piperazine rings is 1. The number of rotatable bonds is 13. The lowest BCUT2D eigenvalue weighted by molar-refractivity contribution is -0.139. The number of pyridine rings is 3. The molecule has 7 heterocycles. The highest BCUT2D eigenvalue weighted by atomic mass is 16.5. The van der Waals surface area contributed by atoms with Gasteiger partial charge < -0.3 is 34.6 Å². The number of carbonyl (C=O) groups is 4. The zero-order valence-corrected chi connectivity index (χ0v) is 41.0.